The molecule has 12 heteroatoms. The first-order valence-corrected chi connectivity index (χ1v) is 12.3. The van der Waals surface area contributed by atoms with E-state index in [4.69, 9.17) is 9.47 Å². The highest BCUT2D eigenvalue weighted by Gasteiger charge is 2.46. The van der Waals surface area contributed by atoms with Gasteiger partial charge in [0.25, 0.3) is 0 Å². The molecule has 5 atom stereocenters. The topological polar surface area (TPSA) is 158 Å². The van der Waals surface area contributed by atoms with Crippen LogP contribution in [0.4, 0.5) is 5.69 Å². The Morgan fingerprint density at radius 1 is 1.14 bits per heavy atom. The quantitative estimate of drug-likeness (QED) is 0.338. The number of anilines is 1. The fourth-order valence-corrected chi connectivity index (χ4v) is 4.39. The van der Waals surface area contributed by atoms with Crippen molar-refractivity contribution >= 4 is 21.8 Å². The fraction of sp³-hybridized carbons (Fsp3) is 0.435. The molecular formula is C23H31N3O8S. The Hall–Kier alpha value is -2.74. The van der Waals surface area contributed by atoms with Crippen molar-refractivity contribution in [2.75, 3.05) is 25.4 Å². The summed E-state index contributed by atoms with van der Waals surface area (Å²) in [6.45, 7) is 2.54. The van der Waals surface area contributed by atoms with Crippen LogP contribution in [0.3, 0.4) is 0 Å². The molecule has 1 aliphatic heterocycles. The normalized spacial score (nSPS) is 24.7. The van der Waals surface area contributed by atoms with Crippen LogP contribution in [0.15, 0.2) is 42.5 Å². The Bertz CT molecular complexity index is 1160. The number of rotatable bonds is 8. The molecule has 1 aliphatic rings. The predicted octanol–water partition coefficient (Wildman–Crippen LogP) is 0.203. The number of hydrogen-bond acceptors (Lipinski definition) is 8. The van der Waals surface area contributed by atoms with E-state index in [2.05, 4.69) is 10.0 Å². The van der Waals surface area contributed by atoms with Gasteiger partial charge in [0, 0.05) is 26.6 Å². The molecular weight excluding hydrogens is 478 g/mol. The van der Waals surface area contributed by atoms with Crippen LogP contribution in [0.5, 0.6) is 5.75 Å². The van der Waals surface area contributed by atoms with E-state index in [0.29, 0.717) is 22.6 Å². The number of amides is 1. The van der Waals surface area contributed by atoms with E-state index in [0.717, 1.165) is 9.87 Å². The van der Waals surface area contributed by atoms with Crippen LogP contribution >= 0.6 is 0 Å². The first-order valence-electron chi connectivity index (χ1n) is 10.9. The highest BCUT2D eigenvalue weighted by Crippen LogP contribution is 2.36. The summed E-state index contributed by atoms with van der Waals surface area (Å²) in [7, 11) is -0.882. The van der Waals surface area contributed by atoms with Crippen LogP contribution in [0.2, 0.25) is 0 Å². The van der Waals surface area contributed by atoms with Crippen molar-refractivity contribution in [3.63, 3.8) is 0 Å². The average molecular weight is 510 g/mol. The second-order valence-corrected chi connectivity index (χ2v) is 10.4. The Morgan fingerprint density at radius 3 is 2.46 bits per heavy atom. The monoisotopic (exact) mass is 509 g/mol. The molecule has 2 aromatic rings. The van der Waals surface area contributed by atoms with Crippen LogP contribution in [-0.2, 0) is 19.7 Å². The third kappa shape index (κ3) is 6.10. The van der Waals surface area contributed by atoms with Crippen molar-refractivity contribution in [2.45, 2.75) is 44.5 Å². The smallest absolute Gasteiger partial charge is 0.301 e. The lowest BCUT2D eigenvalue weighted by Crippen LogP contribution is -2.65. The predicted molar refractivity (Wildman–Crippen MR) is 129 cm³/mol. The Kier molecular flexibility index (Phi) is 8.36. The van der Waals surface area contributed by atoms with Gasteiger partial charge >= 0.3 is 10.2 Å². The van der Waals surface area contributed by atoms with Gasteiger partial charge in [-0.05, 0) is 36.2 Å². The number of ether oxygens (including phenoxy) is 2. The van der Waals surface area contributed by atoms with E-state index >= 15 is 0 Å². The lowest BCUT2D eigenvalue weighted by Gasteiger charge is -2.42. The molecule has 3 rings (SSSR count). The molecule has 1 heterocycles. The molecule has 2 aromatic carbocycles. The first kappa shape index (κ1) is 26.9. The summed E-state index contributed by atoms with van der Waals surface area (Å²) in [6, 6.07) is 10.9. The molecule has 1 fully saturated rings. The maximum absolute atomic E-state index is 12.3. The molecule has 1 unspecified atom stereocenters. The van der Waals surface area contributed by atoms with E-state index in [1.807, 2.05) is 13.0 Å². The average Bonchev–Trinajstić information content (AvgIpc) is 2.78. The summed E-state index contributed by atoms with van der Waals surface area (Å²) in [5.74, 6) is -0.135. The molecule has 11 nitrogen and oxygen atoms in total. The van der Waals surface area contributed by atoms with Gasteiger partial charge in [0.1, 0.15) is 30.1 Å². The van der Waals surface area contributed by atoms with Crippen molar-refractivity contribution in [3.05, 3.63) is 48.0 Å². The van der Waals surface area contributed by atoms with E-state index in [1.54, 1.807) is 36.4 Å². The molecule has 5 N–H and O–H groups in total. The zero-order valence-electron chi connectivity index (χ0n) is 19.9. The van der Waals surface area contributed by atoms with Crippen molar-refractivity contribution < 1.29 is 38.0 Å². The summed E-state index contributed by atoms with van der Waals surface area (Å²) in [5, 5.41) is 32.9. The lowest BCUT2D eigenvalue weighted by molar-refractivity contribution is -0.244. The minimum atomic E-state index is -3.72. The summed E-state index contributed by atoms with van der Waals surface area (Å²) in [6.07, 6.45) is -5.25. The standard InChI is InChI=1S/C23H31N3O8S/c1-13-7-5-10-17(19(13)15-8-6-9-16(11-15)25-35(31,32)26(3)4)33-23-20(24-14(2)28)22(30)21(29)18(12-27)34-23/h5-11,18,20-23,25,27,29-30H,12H2,1-4H3,(H,24,28)/t18?,20-,21-,22+,23+/m0/s1. The van der Waals surface area contributed by atoms with E-state index < -0.39 is 53.4 Å². The Morgan fingerprint density at radius 2 is 1.83 bits per heavy atom. The molecule has 0 bridgehead atoms. The molecule has 1 saturated heterocycles. The van der Waals surface area contributed by atoms with E-state index in [-0.39, 0.29) is 0 Å². The van der Waals surface area contributed by atoms with Gasteiger partial charge in [0.05, 0.1) is 12.3 Å². The molecule has 192 valence electrons. The third-order valence-electron chi connectivity index (χ3n) is 5.61. The molecule has 35 heavy (non-hydrogen) atoms. The van der Waals surface area contributed by atoms with Gasteiger partial charge in [-0.25, -0.2) is 0 Å². The van der Waals surface area contributed by atoms with Gasteiger partial charge in [-0.1, -0.05) is 24.3 Å². The molecule has 0 saturated carbocycles. The summed E-state index contributed by atoms with van der Waals surface area (Å²) in [5.41, 5.74) is 2.42. The highest BCUT2D eigenvalue weighted by atomic mass is 32.2. The second-order valence-electron chi connectivity index (χ2n) is 8.47. The number of nitrogens with one attached hydrogen (secondary N) is 2. The largest absolute Gasteiger partial charge is 0.462 e. The van der Waals surface area contributed by atoms with Gasteiger partial charge < -0.3 is 30.1 Å². The van der Waals surface area contributed by atoms with E-state index in [1.165, 1.54) is 21.0 Å². The number of nitrogens with zero attached hydrogens (tertiary/aromatic N) is 1. The van der Waals surface area contributed by atoms with Gasteiger partial charge in [-0.15, -0.1) is 0 Å². The number of benzene rings is 2. The summed E-state index contributed by atoms with van der Waals surface area (Å²) in [4.78, 5) is 11.7. The van der Waals surface area contributed by atoms with Crippen LogP contribution in [0, 0.1) is 6.92 Å². The zero-order chi connectivity index (χ0) is 25.9. The van der Waals surface area contributed by atoms with Gasteiger partial charge in [-0.2, -0.15) is 12.7 Å². The van der Waals surface area contributed by atoms with Crippen molar-refractivity contribution in [1.29, 1.82) is 0 Å². The number of carbonyl (C=O) groups excluding carboxylic acids is 1. The third-order valence-corrected chi connectivity index (χ3v) is 7.06. The zero-order valence-corrected chi connectivity index (χ0v) is 20.7. The van der Waals surface area contributed by atoms with Crippen LogP contribution in [0.25, 0.3) is 11.1 Å². The van der Waals surface area contributed by atoms with Gasteiger partial charge in [0.15, 0.2) is 0 Å². The molecule has 0 aliphatic carbocycles. The molecule has 1 amide bonds. The number of aryl methyl sites for hydroxylation is 1. The van der Waals surface area contributed by atoms with Crippen LogP contribution in [0.1, 0.15) is 12.5 Å². The SMILES string of the molecule is CC(=O)N[C@@H]1[C@H](Oc2cccc(C)c2-c2cccc(NS(=O)(=O)N(C)C)c2)OC(CO)[C@H](O)[C@@H]1O. The van der Waals surface area contributed by atoms with Crippen molar-refractivity contribution in [1.82, 2.24) is 9.62 Å². The molecule has 0 radical (unpaired) electrons. The number of carbonyl (C=O) groups is 1. The lowest BCUT2D eigenvalue weighted by atomic mass is 9.96. The minimum Gasteiger partial charge on any atom is -0.462 e. The second kappa shape index (κ2) is 10.9. The summed E-state index contributed by atoms with van der Waals surface area (Å²) >= 11 is 0. The highest BCUT2D eigenvalue weighted by molar-refractivity contribution is 7.90. The minimum absolute atomic E-state index is 0.332. The Labute approximate surface area is 204 Å². The maximum atomic E-state index is 12.3. The maximum Gasteiger partial charge on any atom is 0.301 e. The van der Waals surface area contributed by atoms with Crippen molar-refractivity contribution in [3.8, 4) is 16.9 Å². The van der Waals surface area contributed by atoms with Gasteiger partial charge in [-0.3, -0.25) is 9.52 Å². The number of aliphatic hydroxyl groups is 3. The molecule has 0 spiro atoms. The first-order chi connectivity index (χ1) is 16.4. The molecule has 0 aromatic heterocycles. The Balaban J connectivity index is 1.99. The van der Waals surface area contributed by atoms with Gasteiger partial charge in [0.2, 0.25) is 12.2 Å². The van der Waals surface area contributed by atoms with Crippen LogP contribution in [-0.4, -0.2) is 85.3 Å². The van der Waals surface area contributed by atoms with Crippen LogP contribution < -0.4 is 14.8 Å². The fourth-order valence-electron chi connectivity index (χ4n) is 3.78. The van der Waals surface area contributed by atoms with Crippen molar-refractivity contribution in [2.24, 2.45) is 0 Å². The number of hydrogen-bond donors (Lipinski definition) is 5. The summed E-state index contributed by atoms with van der Waals surface area (Å²) < 4.78 is 39.9. The number of aliphatic hydroxyl groups excluding tert-OH is 3. The van der Waals surface area contributed by atoms with E-state index in [9.17, 15) is 28.5 Å².